The first kappa shape index (κ1) is 21.0. The maximum absolute atomic E-state index is 13.2. The van der Waals surface area contributed by atoms with Crippen molar-refractivity contribution in [3.8, 4) is 11.3 Å². The summed E-state index contributed by atoms with van der Waals surface area (Å²) in [6, 6.07) is 17.1. The largest absolute Gasteiger partial charge is 0.459 e. The smallest absolute Gasteiger partial charge is 0.254 e. The van der Waals surface area contributed by atoms with E-state index in [2.05, 4.69) is 0 Å². The molecule has 3 aromatic rings. The van der Waals surface area contributed by atoms with E-state index < -0.39 is 15.9 Å². The maximum Gasteiger partial charge on any atom is 0.254 e. The summed E-state index contributed by atoms with van der Waals surface area (Å²) in [7, 11) is -3.16. The minimum Gasteiger partial charge on any atom is -0.459 e. The Morgan fingerprint density at radius 2 is 1.77 bits per heavy atom. The third kappa shape index (κ3) is 4.72. The minimum absolute atomic E-state index is 0.0544. The molecule has 5 nitrogen and oxygen atoms in total. The van der Waals surface area contributed by atoms with Crippen molar-refractivity contribution in [3.63, 3.8) is 0 Å². The first-order valence-electron chi connectivity index (χ1n) is 9.42. The molecule has 0 saturated carbocycles. The third-order valence-electron chi connectivity index (χ3n) is 5.08. The number of amides is 1. The Balaban J connectivity index is 1.63. The van der Waals surface area contributed by atoms with E-state index in [0.29, 0.717) is 33.6 Å². The zero-order valence-electron chi connectivity index (χ0n) is 15.9. The summed E-state index contributed by atoms with van der Waals surface area (Å²) in [5.41, 5.74) is 1.23. The molecule has 0 spiro atoms. The van der Waals surface area contributed by atoms with Gasteiger partial charge >= 0.3 is 0 Å². The molecule has 0 radical (unpaired) electrons. The lowest BCUT2D eigenvalue weighted by Gasteiger charge is -2.27. The van der Waals surface area contributed by atoms with Gasteiger partial charge in [-0.3, -0.25) is 4.79 Å². The van der Waals surface area contributed by atoms with Crippen LogP contribution < -0.4 is 0 Å². The van der Waals surface area contributed by atoms with Gasteiger partial charge in [-0.25, -0.2) is 8.42 Å². The molecule has 4 rings (SSSR count). The summed E-state index contributed by atoms with van der Waals surface area (Å²) in [6.07, 6.45) is 0.399. The minimum atomic E-state index is -3.16. The molecule has 1 fully saturated rings. The van der Waals surface area contributed by atoms with Gasteiger partial charge in [-0.1, -0.05) is 41.4 Å². The van der Waals surface area contributed by atoms with E-state index in [4.69, 9.17) is 27.6 Å². The molecule has 0 aliphatic carbocycles. The van der Waals surface area contributed by atoms with Crippen molar-refractivity contribution in [3.05, 3.63) is 82.0 Å². The van der Waals surface area contributed by atoms with Gasteiger partial charge in [0, 0.05) is 27.2 Å². The van der Waals surface area contributed by atoms with Crippen molar-refractivity contribution in [2.24, 2.45) is 0 Å². The van der Waals surface area contributed by atoms with Crippen LogP contribution in [0.5, 0.6) is 0 Å². The van der Waals surface area contributed by atoms with Crippen molar-refractivity contribution < 1.29 is 17.6 Å². The van der Waals surface area contributed by atoms with Crippen LogP contribution in [0, 0.1) is 0 Å². The average molecular weight is 464 g/mol. The fourth-order valence-electron chi connectivity index (χ4n) is 3.60. The Morgan fingerprint density at radius 3 is 2.43 bits per heavy atom. The van der Waals surface area contributed by atoms with Crippen LogP contribution in [0.3, 0.4) is 0 Å². The monoisotopic (exact) mass is 463 g/mol. The van der Waals surface area contributed by atoms with Crippen LogP contribution in [0.15, 0.2) is 65.1 Å². The van der Waals surface area contributed by atoms with Crippen molar-refractivity contribution in [1.82, 2.24) is 4.90 Å². The predicted molar refractivity (Wildman–Crippen MR) is 118 cm³/mol. The summed E-state index contributed by atoms with van der Waals surface area (Å²) >= 11 is 12.1. The first-order chi connectivity index (χ1) is 14.3. The highest BCUT2D eigenvalue weighted by Gasteiger charge is 2.35. The quantitative estimate of drug-likeness (QED) is 0.528. The van der Waals surface area contributed by atoms with Gasteiger partial charge in [-0.05, 0) is 48.9 Å². The normalized spacial score (nSPS) is 17.7. The first-order valence-corrected chi connectivity index (χ1v) is 12.0. The van der Waals surface area contributed by atoms with E-state index in [9.17, 15) is 13.2 Å². The number of halogens is 2. The Morgan fingerprint density at radius 1 is 1.03 bits per heavy atom. The molecule has 8 heteroatoms. The molecule has 156 valence electrons. The number of hydrogen-bond donors (Lipinski definition) is 0. The molecule has 1 aliphatic heterocycles. The van der Waals surface area contributed by atoms with Crippen molar-refractivity contribution >= 4 is 38.9 Å². The van der Waals surface area contributed by atoms with Crippen LogP contribution in [0.25, 0.3) is 11.3 Å². The Bertz CT molecular complexity index is 1190. The zero-order chi connectivity index (χ0) is 21.3. The van der Waals surface area contributed by atoms with Gasteiger partial charge in [0.1, 0.15) is 11.5 Å². The summed E-state index contributed by atoms with van der Waals surface area (Å²) in [6.45, 7) is 0.159. The Labute approximate surface area is 185 Å². The molecule has 2 heterocycles. The number of hydrogen-bond acceptors (Lipinski definition) is 4. The van der Waals surface area contributed by atoms with Gasteiger partial charge in [-0.2, -0.15) is 0 Å². The number of sulfone groups is 1. The molecule has 0 bridgehead atoms. The van der Waals surface area contributed by atoms with Crippen LogP contribution >= 0.6 is 23.2 Å². The van der Waals surface area contributed by atoms with Crippen LogP contribution in [-0.4, -0.2) is 36.8 Å². The molecule has 1 aliphatic rings. The van der Waals surface area contributed by atoms with E-state index in [1.807, 2.05) is 18.2 Å². The average Bonchev–Trinajstić information content (AvgIpc) is 3.32. The Kier molecular flexibility index (Phi) is 5.91. The van der Waals surface area contributed by atoms with E-state index >= 15 is 0 Å². The van der Waals surface area contributed by atoms with Gasteiger partial charge in [-0.15, -0.1) is 0 Å². The maximum atomic E-state index is 13.2. The number of nitrogens with zero attached hydrogens (tertiary/aromatic N) is 1. The van der Waals surface area contributed by atoms with Gasteiger partial charge in [0.15, 0.2) is 9.84 Å². The van der Waals surface area contributed by atoms with Gasteiger partial charge in [0.2, 0.25) is 0 Å². The highest BCUT2D eigenvalue weighted by Crippen LogP contribution is 2.28. The zero-order valence-corrected chi connectivity index (χ0v) is 18.3. The summed E-state index contributed by atoms with van der Waals surface area (Å²) in [4.78, 5) is 14.8. The molecule has 1 atom stereocenters. The molecular weight excluding hydrogens is 445 g/mol. The van der Waals surface area contributed by atoms with Gasteiger partial charge in [0.05, 0.1) is 18.1 Å². The number of benzene rings is 2. The lowest BCUT2D eigenvalue weighted by atomic mass is 10.1. The van der Waals surface area contributed by atoms with Gasteiger partial charge < -0.3 is 9.32 Å². The van der Waals surface area contributed by atoms with Crippen LogP contribution in [0.2, 0.25) is 10.0 Å². The number of furan rings is 1. The SMILES string of the molecule is O=C(c1cccc(Cl)c1)N(Cc1ccc(-c2cccc(Cl)c2)o1)[C@H]1CCS(=O)(=O)C1. The lowest BCUT2D eigenvalue weighted by molar-refractivity contribution is 0.0666. The van der Waals surface area contributed by atoms with Crippen LogP contribution in [0.4, 0.5) is 0 Å². The van der Waals surface area contributed by atoms with E-state index in [-0.39, 0.29) is 24.0 Å². The molecule has 2 aromatic carbocycles. The summed E-state index contributed by atoms with van der Waals surface area (Å²) in [5.74, 6) is 0.927. The van der Waals surface area contributed by atoms with Crippen molar-refractivity contribution in [1.29, 1.82) is 0 Å². The highest BCUT2D eigenvalue weighted by atomic mass is 35.5. The molecule has 1 aromatic heterocycles. The van der Waals surface area contributed by atoms with E-state index in [1.54, 1.807) is 47.4 Å². The second-order valence-corrected chi connectivity index (χ2v) is 10.4. The number of carbonyl (C=O) groups excluding carboxylic acids is 1. The fourth-order valence-corrected chi connectivity index (χ4v) is 5.71. The van der Waals surface area contributed by atoms with E-state index in [0.717, 1.165) is 5.56 Å². The van der Waals surface area contributed by atoms with Crippen LogP contribution in [0.1, 0.15) is 22.5 Å². The second-order valence-electron chi connectivity index (χ2n) is 7.28. The highest BCUT2D eigenvalue weighted by molar-refractivity contribution is 7.91. The molecule has 1 amide bonds. The summed E-state index contributed by atoms with van der Waals surface area (Å²) in [5, 5.41) is 1.04. The lowest BCUT2D eigenvalue weighted by Crippen LogP contribution is -2.40. The molecule has 0 unspecified atom stereocenters. The molecular formula is C22H19Cl2NO4S. The molecule has 1 saturated heterocycles. The predicted octanol–water partition coefficient (Wildman–Crippen LogP) is 5.08. The topological polar surface area (TPSA) is 67.6 Å². The summed E-state index contributed by atoms with van der Waals surface area (Å²) < 4.78 is 30.0. The number of carbonyl (C=O) groups is 1. The standard InChI is InChI=1S/C22H19Cl2NO4S/c23-17-5-1-3-15(11-17)21-8-7-20(29-21)13-25(19-9-10-30(27,28)14-19)22(26)16-4-2-6-18(24)12-16/h1-8,11-12,19H,9-10,13-14H2/t19-/m0/s1. The third-order valence-corrected chi connectivity index (χ3v) is 7.30. The fraction of sp³-hybridized carbons (Fsp3) is 0.227. The second kappa shape index (κ2) is 8.46. The molecule has 0 N–H and O–H groups in total. The van der Waals surface area contributed by atoms with Crippen LogP contribution in [-0.2, 0) is 16.4 Å². The van der Waals surface area contributed by atoms with E-state index in [1.165, 1.54) is 0 Å². The number of rotatable bonds is 5. The molecule has 30 heavy (non-hydrogen) atoms. The van der Waals surface area contributed by atoms with Crippen molar-refractivity contribution in [2.45, 2.75) is 19.0 Å². The van der Waals surface area contributed by atoms with Gasteiger partial charge in [0.25, 0.3) is 5.91 Å². The van der Waals surface area contributed by atoms with Crippen molar-refractivity contribution in [2.75, 3.05) is 11.5 Å². The Hall–Kier alpha value is -2.28.